The number of nitrogens with zero attached hydrogens (tertiary/aromatic N) is 4. The van der Waals surface area contributed by atoms with E-state index in [-0.39, 0.29) is 12.5 Å². The van der Waals surface area contributed by atoms with Crippen LogP contribution in [-0.4, -0.2) is 70.1 Å². The van der Waals surface area contributed by atoms with E-state index in [1.807, 2.05) is 10.7 Å². The number of hydrogen-bond acceptors (Lipinski definition) is 5. The molecule has 24 heavy (non-hydrogen) atoms. The van der Waals surface area contributed by atoms with E-state index in [9.17, 15) is 14.4 Å². The summed E-state index contributed by atoms with van der Waals surface area (Å²) in [6, 6.07) is 1.87. The highest BCUT2D eigenvalue weighted by Crippen LogP contribution is 2.17. The summed E-state index contributed by atoms with van der Waals surface area (Å²) in [6.45, 7) is 4.15. The number of esters is 1. The molecule has 0 bridgehead atoms. The fourth-order valence-electron chi connectivity index (χ4n) is 3.12. The summed E-state index contributed by atoms with van der Waals surface area (Å²) in [7, 11) is 0. The number of fused-ring (bicyclic) bond motifs is 1. The standard InChI is InChI=1S/C16H22N4O4/c1-2-24-16(23)15(22)19-9-7-18(8-10-19)14(21)13-11-12-5-3-4-6-20(12)17-13/h11H,2-10H2,1H3. The largest absolute Gasteiger partial charge is 0.459 e. The number of ether oxygens (including phenoxy) is 1. The molecule has 130 valence electrons. The van der Waals surface area contributed by atoms with Crippen molar-refractivity contribution in [1.82, 2.24) is 19.6 Å². The Labute approximate surface area is 140 Å². The van der Waals surface area contributed by atoms with Crippen LogP contribution in [0.2, 0.25) is 0 Å². The van der Waals surface area contributed by atoms with Crippen molar-refractivity contribution in [3.8, 4) is 0 Å². The van der Waals surface area contributed by atoms with E-state index >= 15 is 0 Å². The SMILES string of the molecule is CCOC(=O)C(=O)N1CCN(C(=O)c2cc3n(n2)CCCC3)CC1. The zero-order valence-corrected chi connectivity index (χ0v) is 13.9. The maximum atomic E-state index is 12.6. The lowest BCUT2D eigenvalue weighted by atomic mass is 10.1. The lowest BCUT2D eigenvalue weighted by molar-refractivity contribution is -0.160. The van der Waals surface area contributed by atoms with Crippen molar-refractivity contribution in [2.45, 2.75) is 32.7 Å². The number of amides is 2. The summed E-state index contributed by atoms with van der Waals surface area (Å²) in [5.41, 5.74) is 1.58. The molecule has 1 saturated heterocycles. The van der Waals surface area contributed by atoms with E-state index in [1.54, 1.807) is 11.8 Å². The smallest absolute Gasteiger partial charge is 0.397 e. The first-order valence-electron chi connectivity index (χ1n) is 8.42. The van der Waals surface area contributed by atoms with Crippen molar-refractivity contribution in [2.75, 3.05) is 32.8 Å². The molecule has 1 aromatic rings. The lowest BCUT2D eigenvalue weighted by Gasteiger charge is -2.33. The van der Waals surface area contributed by atoms with Crippen molar-refractivity contribution in [3.63, 3.8) is 0 Å². The third-order valence-corrected chi connectivity index (χ3v) is 4.44. The van der Waals surface area contributed by atoms with Gasteiger partial charge in [0.05, 0.1) is 6.61 Å². The molecule has 0 atom stereocenters. The second-order valence-electron chi connectivity index (χ2n) is 6.01. The molecule has 1 fully saturated rings. The minimum atomic E-state index is -0.834. The molecule has 3 rings (SSSR count). The average molecular weight is 334 g/mol. The van der Waals surface area contributed by atoms with Gasteiger partial charge in [0.25, 0.3) is 5.91 Å². The molecule has 1 aromatic heterocycles. The van der Waals surface area contributed by atoms with Gasteiger partial charge in [-0.3, -0.25) is 14.3 Å². The normalized spacial score (nSPS) is 17.4. The first-order chi connectivity index (χ1) is 11.6. The number of aryl methyl sites for hydroxylation is 2. The Morgan fingerprint density at radius 2 is 1.79 bits per heavy atom. The molecule has 2 amide bonds. The Kier molecular flexibility index (Phi) is 4.82. The van der Waals surface area contributed by atoms with Crippen LogP contribution in [0.25, 0.3) is 0 Å². The second-order valence-corrected chi connectivity index (χ2v) is 6.01. The van der Waals surface area contributed by atoms with Crippen LogP contribution in [0.5, 0.6) is 0 Å². The van der Waals surface area contributed by atoms with Gasteiger partial charge >= 0.3 is 11.9 Å². The molecule has 3 heterocycles. The van der Waals surface area contributed by atoms with Crippen LogP contribution in [0.1, 0.15) is 35.9 Å². The quantitative estimate of drug-likeness (QED) is 0.564. The summed E-state index contributed by atoms with van der Waals surface area (Å²) in [5.74, 6) is -1.58. The van der Waals surface area contributed by atoms with Crippen LogP contribution in [0.15, 0.2) is 6.07 Å². The van der Waals surface area contributed by atoms with Gasteiger partial charge in [0.1, 0.15) is 0 Å². The van der Waals surface area contributed by atoms with Crippen molar-refractivity contribution in [1.29, 1.82) is 0 Å². The third-order valence-electron chi connectivity index (χ3n) is 4.44. The van der Waals surface area contributed by atoms with Gasteiger partial charge in [-0.15, -0.1) is 0 Å². The van der Waals surface area contributed by atoms with Crippen LogP contribution in [0.4, 0.5) is 0 Å². The second kappa shape index (κ2) is 7.02. The number of carbonyl (C=O) groups is 3. The maximum absolute atomic E-state index is 12.6. The average Bonchev–Trinajstić information content (AvgIpc) is 3.05. The molecule has 0 N–H and O–H groups in total. The van der Waals surface area contributed by atoms with Gasteiger partial charge < -0.3 is 14.5 Å². The molecule has 0 aliphatic carbocycles. The predicted octanol–water partition coefficient (Wildman–Crippen LogP) is 0.0669. The van der Waals surface area contributed by atoms with Crippen molar-refractivity contribution >= 4 is 17.8 Å². The molecule has 2 aliphatic heterocycles. The number of piperazine rings is 1. The molecule has 8 heteroatoms. The van der Waals surface area contributed by atoms with Gasteiger partial charge in [-0.2, -0.15) is 5.10 Å². The molecule has 8 nitrogen and oxygen atoms in total. The summed E-state index contributed by atoms with van der Waals surface area (Å²) in [4.78, 5) is 39.1. The Morgan fingerprint density at radius 3 is 2.46 bits per heavy atom. The molecule has 2 aliphatic rings. The first-order valence-corrected chi connectivity index (χ1v) is 8.42. The van der Waals surface area contributed by atoms with Crippen LogP contribution in [0, 0.1) is 0 Å². The van der Waals surface area contributed by atoms with E-state index in [0.29, 0.717) is 31.9 Å². The highest BCUT2D eigenvalue weighted by Gasteiger charge is 2.30. The van der Waals surface area contributed by atoms with Gasteiger partial charge in [-0.25, -0.2) is 4.79 Å². The zero-order valence-electron chi connectivity index (χ0n) is 13.9. The van der Waals surface area contributed by atoms with Crippen molar-refractivity contribution < 1.29 is 19.1 Å². The van der Waals surface area contributed by atoms with Crippen LogP contribution in [0.3, 0.4) is 0 Å². The maximum Gasteiger partial charge on any atom is 0.397 e. The topological polar surface area (TPSA) is 84.7 Å². The zero-order chi connectivity index (χ0) is 17.1. The lowest BCUT2D eigenvalue weighted by Crippen LogP contribution is -2.52. The summed E-state index contributed by atoms with van der Waals surface area (Å²) < 4.78 is 6.64. The highest BCUT2D eigenvalue weighted by molar-refractivity contribution is 6.32. The minimum Gasteiger partial charge on any atom is -0.459 e. The fourth-order valence-corrected chi connectivity index (χ4v) is 3.12. The molecule has 0 spiro atoms. The van der Waals surface area contributed by atoms with Gasteiger partial charge in [0.15, 0.2) is 5.69 Å². The predicted molar refractivity (Wildman–Crippen MR) is 84.3 cm³/mol. The molecular weight excluding hydrogens is 312 g/mol. The van der Waals surface area contributed by atoms with E-state index in [4.69, 9.17) is 4.74 Å². The van der Waals surface area contributed by atoms with Crippen LogP contribution >= 0.6 is 0 Å². The van der Waals surface area contributed by atoms with Crippen molar-refractivity contribution in [2.24, 2.45) is 0 Å². The summed E-state index contributed by atoms with van der Waals surface area (Å²) >= 11 is 0. The highest BCUT2D eigenvalue weighted by atomic mass is 16.5. The van der Waals surface area contributed by atoms with Gasteiger partial charge in [0.2, 0.25) is 0 Å². The number of aromatic nitrogens is 2. The van der Waals surface area contributed by atoms with E-state index < -0.39 is 11.9 Å². The van der Waals surface area contributed by atoms with Gasteiger partial charge in [-0.05, 0) is 32.3 Å². The number of hydrogen-bond donors (Lipinski definition) is 0. The molecular formula is C16H22N4O4. The molecule has 0 saturated carbocycles. The van der Waals surface area contributed by atoms with Crippen LogP contribution in [-0.2, 0) is 27.3 Å². The first kappa shape index (κ1) is 16.5. The van der Waals surface area contributed by atoms with Crippen molar-refractivity contribution in [3.05, 3.63) is 17.5 Å². The molecule has 0 unspecified atom stereocenters. The van der Waals surface area contributed by atoms with Gasteiger partial charge in [-0.1, -0.05) is 0 Å². The monoisotopic (exact) mass is 334 g/mol. The van der Waals surface area contributed by atoms with Gasteiger partial charge in [0, 0.05) is 38.4 Å². The third kappa shape index (κ3) is 3.27. The fraction of sp³-hybridized carbons (Fsp3) is 0.625. The molecule has 0 radical (unpaired) electrons. The number of carbonyl (C=O) groups excluding carboxylic acids is 3. The Hall–Kier alpha value is -2.38. The van der Waals surface area contributed by atoms with E-state index in [0.717, 1.165) is 31.5 Å². The minimum absolute atomic E-state index is 0.111. The summed E-state index contributed by atoms with van der Waals surface area (Å²) in [5, 5.41) is 4.40. The Bertz CT molecular complexity index is 623. The van der Waals surface area contributed by atoms with E-state index in [1.165, 1.54) is 4.90 Å². The van der Waals surface area contributed by atoms with E-state index in [2.05, 4.69) is 5.10 Å². The molecule has 0 aromatic carbocycles. The number of rotatable bonds is 2. The Balaban J connectivity index is 1.58. The Morgan fingerprint density at radius 1 is 1.08 bits per heavy atom. The summed E-state index contributed by atoms with van der Waals surface area (Å²) in [6.07, 6.45) is 3.19. The van der Waals surface area contributed by atoms with Crippen LogP contribution < -0.4 is 0 Å².